The van der Waals surface area contributed by atoms with Gasteiger partial charge in [-0.05, 0) is 19.8 Å². The Bertz CT molecular complexity index is 359. The van der Waals surface area contributed by atoms with Gasteiger partial charge in [-0.15, -0.1) is 0 Å². The molecule has 1 aromatic rings. The molecule has 0 aliphatic heterocycles. The largest absolute Gasteiger partial charge is 0.380 e. The second-order valence-electron chi connectivity index (χ2n) is 5.30. The summed E-state index contributed by atoms with van der Waals surface area (Å²) in [6.45, 7) is 3.05. The van der Waals surface area contributed by atoms with Crippen LogP contribution in [0.3, 0.4) is 0 Å². The van der Waals surface area contributed by atoms with Crippen molar-refractivity contribution < 1.29 is 9.26 Å². The lowest BCUT2D eigenvalue weighted by Gasteiger charge is -2.15. The van der Waals surface area contributed by atoms with E-state index < -0.39 is 0 Å². The average Bonchev–Trinajstić information content (AvgIpc) is 2.85. The summed E-state index contributed by atoms with van der Waals surface area (Å²) < 4.78 is 10.7. The highest BCUT2D eigenvalue weighted by Gasteiger charge is 2.22. The Labute approximate surface area is 114 Å². The first kappa shape index (κ1) is 14.5. The maximum atomic E-state index is 5.97. The Morgan fingerprint density at radius 1 is 1.26 bits per heavy atom. The standard InChI is InChI=1S/C14H25N3O2/c1-2-18-10-12(15)13-16-14(19-17-13)11-8-6-4-3-5-7-9-11/h11-12H,2-10,15H2,1H3. The Morgan fingerprint density at radius 3 is 2.63 bits per heavy atom. The van der Waals surface area contributed by atoms with Crippen LogP contribution in [0, 0.1) is 0 Å². The van der Waals surface area contributed by atoms with Gasteiger partial charge in [-0.3, -0.25) is 0 Å². The minimum atomic E-state index is -0.286. The van der Waals surface area contributed by atoms with Gasteiger partial charge in [0.05, 0.1) is 12.6 Å². The molecule has 0 saturated heterocycles. The highest BCUT2D eigenvalue weighted by molar-refractivity contribution is 4.98. The molecule has 0 amide bonds. The van der Waals surface area contributed by atoms with E-state index in [9.17, 15) is 0 Å². The maximum Gasteiger partial charge on any atom is 0.229 e. The lowest BCUT2D eigenvalue weighted by atomic mass is 9.91. The topological polar surface area (TPSA) is 74.2 Å². The Kier molecular flexibility index (Phi) is 5.79. The van der Waals surface area contributed by atoms with Crippen LogP contribution in [0.5, 0.6) is 0 Å². The number of ether oxygens (including phenoxy) is 1. The van der Waals surface area contributed by atoms with Crippen LogP contribution < -0.4 is 5.73 Å². The summed E-state index contributed by atoms with van der Waals surface area (Å²) in [7, 11) is 0. The van der Waals surface area contributed by atoms with Gasteiger partial charge >= 0.3 is 0 Å². The summed E-state index contributed by atoms with van der Waals surface area (Å²) in [5.41, 5.74) is 5.97. The first-order chi connectivity index (χ1) is 9.31. The molecule has 1 saturated carbocycles. The predicted molar refractivity (Wildman–Crippen MR) is 72.8 cm³/mol. The van der Waals surface area contributed by atoms with E-state index in [-0.39, 0.29) is 6.04 Å². The summed E-state index contributed by atoms with van der Waals surface area (Å²) in [6.07, 6.45) is 8.83. The molecule has 19 heavy (non-hydrogen) atoms. The number of hydrogen-bond acceptors (Lipinski definition) is 5. The van der Waals surface area contributed by atoms with E-state index in [1.54, 1.807) is 0 Å². The van der Waals surface area contributed by atoms with E-state index >= 15 is 0 Å². The lowest BCUT2D eigenvalue weighted by molar-refractivity contribution is 0.130. The molecule has 1 aliphatic rings. The average molecular weight is 267 g/mol. The molecule has 1 aliphatic carbocycles. The molecule has 0 spiro atoms. The van der Waals surface area contributed by atoms with Crippen LogP contribution in [0.25, 0.3) is 0 Å². The van der Waals surface area contributed by atoms with Crippen LogP contribution in [0.2, 0.25) is 0 Å². The fraction of sp³-hybridized carbons (Fsp3) is 0.857. The Balaban J connectivity index is 1.94. The van der Waals surface area contributed by atoms with E-state index in [2.05, 4.69) is 10.1 Å². The van der Waals surface area contributed by atoms with Crippen molar-refractivity contribution in [1.29, 1.82) is 0 Å². The molecule has 0 radical (unpaired) electrons. The van der Waals surface area contributed by atoms with Gasteiger partial charge in [-0.1, -0.05) is 37.3 Å². The van der Waals surface area contributed by atoms with Gasteiger partial charge in [0.15, 0.2) is 5.82 Å². The van der Waals surface area contributed by atoms with Crippen molar-refractivity contribution in [1.82, 2.24) is 10.1 Å². The van der Waals surface area contributed by atoms with Crippen LogP contribution in [-0.2, 0) is 4.74 Å². The van der Waals surface area contributed by atoms with E-state index in [0.717, 1.165) is 18.7 Å². The zero-order valence-electron chi connectivity index (χ0n) is 11.8. The molecule has 1 fully saturated rings. The molecule has 0 aromatic carbocycles. The van der Waals surface area contributed by atoms with Crippen LogP contribution in [-0.4, -0.2) is 23.4 Å². The number of rotatable bonds is 5. The van der Waals surface area contributed by atoms with Crippen molar-refractivity contribution in [2.24, 2.45) is 5.73 Å². The van der Waals surface area contributed by atoms with Crippen molar-refractivity contribution >= 4 is 0 Å². The SMILES string of the molecule is CCOCC(N)c1noc(C2CCCCCCC2)n1. The van der Waals surface area contributed by atoms with Crippen molar-refractivity contribution in [2.45, 2.75) is 63.8 Å². The van der Waals surface area contributed by atoms with Crippen molar-refractivity contribution in [2.75, 3.05) is 13.2 Å². The summed E-state index contributed by atoms with van der Waals surface area (Å²) in [5, 5.41) is 4.01. The molecule has 5 nitrogen and oxygen atoms in total. The number of nitrogens with two attached hydrogens (primary N) is 1. The molecule has 2 rings (SSSR count). The zero-order valence-corrected chi connectivity index (χ0v) is 11.8. The molecule has 1 atom stereocenters. The summed E-state index contributed by atoms with van der Waals surface area (Å²) >= 11 is 0. The van der Waals surface area contributed by atoms with Gasteiger partial charge in [0, 0.05) is 12.5 Å². The first-order valence-corrected chi connectivity index (χ1v) is 7.48. The van der Waals surface area contributed by atoms with Gasteiger partial charge in [0.25, 0.3) is 0 Å². The number of nitrogens with zero attached hydrogens (tertiary/aromatic N) is 2. The first-order valence-electron chi connectivity index (χ1n) is 7.48. The monoisotopic (exact) mass is 267 g/mol. The van der Waals surface area contributed by atoms with E-state index in [0.29, 0.717) is 25.0 Å². The van der Waals surface area contributed by atoms with Gasteiger partial charge in [0.2, 0.25) is 5.89 Å². The number of hydrogen-bond donors (Lipinski definition) is 1. The van der Waals surface area contributed by atoms with E-state index in [1.807, 2.05) is 6.92 Å². The fourth-order valence-corrected chi connectivity index (χ4v) is 2.59. The van der Waals surface area contributed by atoms with Crippen molar-refractivity contribution in [3.8, 4) is 0 Å². The van der Waals surface area contributed by atoms with Crippen molar-refractivity contribution in [3.63, 3.8) is 0 Å². The zero-order chi connectivity index (χ0) is 13.5. The summed E-state index contributed by atoms with van der Waals surface area (Å²) in [6, 6.07) is -0.286. The molecular formula is C14H25N3O2. The van der Waals surface area contributed by atoms with Gasteiger partial charge in [-0.2, -0.15) is 4.98 Å². The van der Waals surface area contributed by atoms with Crippen LogP contribution in [0.4, 0.5) is 0 Å². The third kappa shape index (κ3) is 4.28. The molecule has 0 bridgehead atoms. The lowest BCUT2D eigenvalue weighted by Crippen LogP contribution is -2.18. The smallest absolute Gasteiger partial charge is 0.229 e. The molecule has 5 heteroatoms. The molecule has 1 aromatic heterocycles. The highest BCUT2D eigenvalue weighted by atomic mass is 16.5. The Morgan fingerprint density at radius 2 is 1.95 bits per heavy atom. The predicted octanol–water partition coefficient (Wildman–Crippen LogP) is 2.93. The molecule has 2 N–H and O–H groups in total. The molecular weight excluding hydrogens is 242 g/mol. The van der Waals surface area contributed by atoms with Gasteiger partial charge < -0.3 is 15.0 Å². The van der Waals surface area contributed by atoms with Crippen molar-refractivity contribution in [3.05, 3.63) is 11.7 Å². The van der Waals surface area contributed by atoms with Crippen LogP contribution >= 0.6 is 0 Å². The fourth-order valence-electron chi connectivity index (χ4n) is 2.59. The minimum absolute atomic E-state index is 0.286. The third-order valence-corrected chi connectivity index (χ3v) is 3.75. The summed E-state index contributed by atoms with van der Waals surface area (Å²) in [5.74, 6) is 1.76. The highest BCUT2D eigenvalue weighted by Crippen LogP contribution is 2.30. The third-order valence-electron chi connectivity index (χ3n) is 3.75. The second kappa shape index (κ2) is 7.60. The second-order valence-corrected chi connectivity index (χ2v) is 5.30. The van der Waals surface area contributed by atoms with E-state index in [1.165, 1.54) is 32.1 Å². The number of aromatic nitrogens is 2. The molecule has 1 unspecified atom stereocenters. The molecule has 1 heterocycles. The van der Waals surface area contributed by atoms with E-state index in [4.69, 9.17) is 15.0 Å². The normalized spacial score (nSPS) is 19.9. The summed E-state index contributed by atoms with van der Waals surface area (Å²) in [4.78, 5) is 4.48. The van der Waals surface area contributed by atoms with Gasteiger partial charge in [-0.25, -0.2) is 0 Å². The van der Waals surface area contributed by atoms with Gasteiger partial charge in [0.1, 0.15) is 0 Å². The maximum absolute atomic E-state index is 5.97. The molecule has 108 valence electrons. The quantitative estimate of drug-likeness (QED) is 0.887. The minimum Gasteiger partial charge on any atom is -0.380 e. The van der Waals surface area contributed by atoms with Crippen LogP contribution in [0.15, 0.2) is 4.52 Å². The van der Waals surface area contributed by atoms with Crippen LogP contribution in [0.1, 0.15) is 75.5 Å². The Hall–Kier alpha value is -0.940.